The molecule has 0 bridgehead atoms. The first-order chi connectivity index (χ1) is 9.01. The van der Waals surface area contributed by atoms with Crippen molar-refractivity contribution < 1.29 is 24.2 Å². The quantitative estimate of drug-likeness (QED) is 0.842. The highest BCUT2D eigenvalue weighted by Crippen LogP contribution is 2.39. The van der Waals surface area contributed by atoms with E-state index in [1.165, 1.54) is 14.0 Å². The van der Waals surface area contributed by atoms with Crippen LogP contribution in [0.3, 0.4) is 0 Å². The van der Waals surface area contributed by atoms with Crippen LogP contribution in [0, 0.1) is 0 Å². The standard InChI is InChI=1S/C14H16O5/c1-9(15)11-5-4-10(18-2)8-12(11)14(13(16)17)6-3-7-19-14/h4-5,8H,3,6-7H2,1-2H3,(H,16,17). The van der Waals surface area contributed by atoms with Gasteiger partial charge in [0.25, 0.3) is 0 Å². The molecule has 1 saturated heterocycles. The minimum atomic E-state index is -1.43. The molecule has 0 amide bonds. The van der Waals surface area contributed by atoms with Gasteiger partial charge in [-0.25, -0.2) is 4.79 Å². The van der Waals surface area contributed by atoms with E-state index in [0.29, 0.717) is 36.3 Å². The van der Waals surface area contributed by atoms with Crippen LogP contribution in [0.5, 0.6) is 5.75 Å². The molecular formula is C14H16O5. The maximum Gasteiger partial charge on any atom is 0.340 e. The number of Topliss-reactive ketones (excluding diaryl/α,β-unsaturated/α-hetero) is 1. The maximum absolute atomic E-state index is 11.7. The predicted octanol–water partition coefficient (Wildman–Crippen LogP) is 1.99. The molecule has 1 fully saturated rings. The van der Waals surface area contributed by atoms with E-state index in [9.17, 15) is 14.7 Å². The second-order valence-corrected chi connectivity index (χ2v) is 4.55. The first kappa shape index (κ1) is 13.5. The number of carboxylic acid groups (broad SMARTS) is 1. The Labute approximate surface area is 111 Å². The normalized spacial score (nSPS) is 22.2. The molecule has 0 saturated carbocycles. The van der Waals surface area contributed by atoms with E-state index in [-0.39, 0.29) is 5.78 Å². The lowest BCUT2D eigenvalue weighted by molar-refractivity contribution is -0.161. The van der Waals surface area contributed by atoms with Gasteiger partial charge in [-0.05, 0) is 38.0 Å². The molecule has 1 unspecified atom stereocenters. The Morgan fingerprint density at radius 3 is 2.63 bits per heavy atom. The Bertz CT molecular complexity index is 515. The Morgan fingerprint density at radius 1 is 1.42 bits per heavy atom. The van der Waals surface area contributed by atoms with Crippen molar-refractivity contribution >= 4 is 11.8 Å². The first-order valence-corrected chi connectivity index (χ1v) is 6.08. The number of carbonyl (C=O) groups is 2. The highest BCUT2D eigenvalue weighted by Gasteiger charge is 2.46. The van der Waals surface area contributed by atoms with Gasteiger partial charge in [-0.1, -0.05) is 0 Å². The number of hydrogen-bond donors (Lipinski definition) is 1. The number of ether oxygens (including phenoxy) is 2. The summed E-state index contributed by atoms with van der Waals surface area (Å²) < 4.78 is 10.6. The van der Waals surface area contributed by atoms with Gasteiger partial charge in [0.05, 0.1) is 7.11 Å². The van der Waals surface area contributed by atoms with Crippen molar-refractivity contribution in [1.82, 2.24) is 0 Å². The summed E-state index contributed by atoms with van der Waals surface area (Å²) in [6.07, 6.45) is 1.01. The van der Waals surface area contributed by atoms with E-state index < -0.39 is 11.6 Å². The number of rotatable bonds is 4. The van der Waals surface area contributed by atoms with Crippen LogP contribution < -0.4 is 4.74 Å². The summed E-state index contributed by atoms with van der Waals surface area (Å²) in [6, 6.07) is 4.81. The Morgan fingerprint density at radius 2 is 2.16 bits per heavy atom. The zero-order valence-electron chi connectivity index (χ0n) is 10.9. The van der Waals surface area contributed by atoms with E-state index >= 15 is 0 Å². The van der Waals surface area contributed by atoms with Gasteiger partial charge in [0.15, 0.2) is 11.4 Å². The van der Waals surface area contributed by atoms with Crippen molar-refractivity contribution in [3.05, 3.63) is 29.3 Å². The Balaban J connectivity index is 2.63. The average Bonchev–Trinajstić information content (AvgIpc) is 2.88. The number of ketones is 1. The van der Waals surface area contributed by atoms with Gasteiger partial charge in [0, 0.05) is 17.7 Å². The van der Waals surface area contributed by atoms with E-state index in [1.54, 1.807) is 18.2 Å². The van der Waals surface area contributed by atoms with Gasteiger partial charge in [0.1, 0.15) is 5.75 Å². The van der Waals surface area contributed by atoms with Gasteiger partial charge in [-0.2, -0.15) is 0 Å². The van der Waals surface area contributed by atoms with Crippen LogP contribution in [-0.2, 0) is 15.1 Å². The van der Waals surface area contributed by atoms with Crippen molar-refractivity contribution in [2.24, 2.45) is 0 Å². The smallest absolute Gasteiger partial charge is 0.340 e. The molecule has 1 aliphatic heterocycles. The van der Waals surface area contributed by atoms with E-state index in [0.717, 1.165) is 0 Å². The van der Waals surface area contributed by atoms with Gasteiger partial charge in [-0.3, -0.25) is 4.79 Å². The number of benzene rings is 1. The molecule has 5 nitrogen and oxygen atoms in total. The number of aliphatic carboxylic acids is 1. The third-order valence-corrected chi connectivity index (χ3v) is 3.41. The van der Waals surface area contributed by atoms with Gasteiger partial charge in [0.2, 0.25) is 0 Å². The van der Waals surface area contributed by atoms with Crippen molar-refractivity contribution in [2.45, 2.75) is 25.4 Å². The maximum atomic E-state index is 11.7. The second kappa shape index (κ2) is 5.01. The second-order valence-electron chi connectivity index (χ2n) is 4.55. The van der Waals surface area contributed by atoms with Crippen LogP contribution in [0.25, 0.3) is 0 Å². The third-order valence-electron chi connectivity index (χ3n) is 3.41. The molecule has 0 aliphatic carbocycles. The zero-order valence-corrected chi connectivity index (χ0v) is 10.9. The summed E-state index contributed by atoms with van der Waals surface area (Å²) in [5.74, 6) is -0.745. The van der Waals surface area contributed by atoms with Gasteiger partial charge >= 0.3 is 5.97 Å². The summed E-state index contributed by atoms with van der Waals surface area (Å²) >= 11 is 0. The molecular weight excluding hydrogens is 248 g/mol. The molecule has 102 valence electrons. The van der Waals surface area contributed by atoms with Crippen molar-refractivity contribution in [1.29, 1.82) is 0 Å². The summed E-state index contributed by atoms with van der Waals surface area (Å²) in [5.41, 5.74) is -0.690. The van der Waals surface area contributed by atoms with E-state index in [1.807, 2.05) is 0 Å². The molecule has 1 atom stereocenters. The molecule has 2 rings (SSSR count). The summed E-state index contributed by atoms with van der Waals surface area (Å²) in [7, 11) is 1.50. The average molecular weight is 264 g/mol. The van der Waals surface area contributed by atoms with Crippen LogP contribution in [0.1, 0.15) is 35.7 Å². The fraction of sp³-hybridized carbons (Fsp3) is 0.429. The molecule has 1 heterocycles. The number of methoxy groups -OCH3 is 1. The molecule has 0 aromatic heterocycles. The molecule has 1 aliphatic rings. The number of carboxylic acids is 1. The van der Waals surface area contributed by atoms with Crippen LogP contribution in [0.4, 0.5) is 0 Å². The minimum absolute atomic E-state index is 0.186. The lowest BCUT2D eigenvalue weighted by atomic mass is 9.86. The van der Waals surface area contributed by atoms with Crippen LogP contribution in [0.15, 0.2) is 18.2 Å². The summed E-state index contributed by atoms with van der Waals surface area (Å²) in [6.45, 7) is 1.79. The van der Waals surface area contributed by atoms with Crippen molar-refractivity contribution in [2.75, 3.05) is 13.7 Å². The third kappa shape index (κ3) is 2.21. The Hall–Kier alpha value is -1.88. The molecule has 0 radical (unpaired) electrons. The number of hydrogen-bond acceptors (Lipinski definition) is 4. The monoisotopic (exact) mass is 264 g/mol. The zero-order chi connectivity index (χ0) is 14.0. The predicted molar refractivity (Wildman–Crippen MR) is 67.5 cm³/mol. The molecule has 5 heteroatoms. The highest BCUT2D eigenvalue weighted by molar-refractivity contribution is 5.98. The SMILES string of the molecule is COc1ccc(C(C)=O)c(C2(C(=O)O)CCCO2)c1. The highest BCUT2D eigenvalue weighted by atomic mass is 16.5. The largest absolute Gasteiger partial charge is 0.497 e. The topological polar surface area (TPSA) is 72.8 Å². The summed E-state index contributed by atoms with van der Waals surface area (Å²) in [5, 5.41) is 9.51. The van der Waals surface area contributed by atoms with E-state index in [4.69, 9.17) is 9.47 Å². The van der Waals surface area contributed by atoms with E-state index in [2.05, 4.69) is 0 Å². The van der Waals surface area contributed by atoms with Gasteiger partial charge < -0.3 is 14.6 Å². The fourth-order valence-electron chi connectivity index (χ4n) is 2.43. The number of carbonyl (C=O) groups excluding carboxylic acids is 1. The minimum Gasteiger partial charge on any atom is -0.497 e. The van der Waals surface area contributed by atoms with Crippen LogP contribution in [-0.4, -0.2) is 30.6 Å². The molecule has 1 aromatic rings. The van der Waals surface area contributed by atoms with Crippen LogP contribution >= 0.6 is 0 Å². The lowest BCUT2D eigenvalue weighted by Gasteiger charge is -2.26. The molecule has 0 spiro atoms. The van der Waals surface area contributed by atoms with Gasteiger partial charge in [-0.15, -0.1) is 0 Å². The lowest BCUT2D eigenvalue weighted by Crippen LogP contribution is -2.36. The molecule has 1 N–H and O–H groups in total. The van der Waals surface area contributed by atoms with Crippen molar-refractivity contribution in [3.63, 3.8) is 0 Å². The first-order valence-electron chi connectivity index (χ1n) is 6.08. The Kier molecular flexibility index (Phi) is 3.57. The summed E-state index contributed by atoms with van der Waals surface area (Å²) in [4.78, 5) is 23.3. The van der Waals surface area contributed by atoms with Crippen LogP contribution in [0.2, 0.25) is 0 Å². The fourth-order valence-corrected chi connectivity index (χ4v) is 2.43. The molecule has 19 heavy (non-hydrogen) atoms. The molecule has 1 aromatic carbocycles. The van der Waals surface area contributed by atoms with Crippen molar-refractivity contribution in [3.8, 4) is 5.75 Å².